The maximum atomic E-state index is 9.35. The van der Waals surface area contributed by atoms with E-state index < -0.39 is 6.10 Å². The summed E-state index contributed by atoms with van der Waals surface area (Å²) in [6.45, 7) is 1.68. The first-order valence-corrected chi connectivity index (χ1v) is 5.22. The molecule has 2 atom stereocenters. The van der Waals surface area contributed by atoms with E-state index in [1.807, 2.05) is 12.1 Å². The van der Waals surface area contributed by atoms with Crippen molar-refractivity contribution in [2.24, 2.45) is 5.73 Å². The highest BCUT2D eigenvalue weighted by atomic mass is 16.5. The Morgan fingerprint density at radius 2 is 1.69 bits per heavy atom. The largest absolute Gasteiger partial charge is 0.497 e. The smallest absolute Gasteiger partial charge is 0.122 e. The molecule has 0 saturated carbocycles. The summed E-state index contributed by atoms with van der Waals surface area (Å²) in [5.41, 5.74) is 6.79. The van der Waals surface area contributed by atoms with Crippen LogP contribution in [-0.2, 0) is 6.42 Å². The van der Waals surface area contributed by atoms with Crippen molar-refractivity contribution >= 4 is 0 Å². The summed E-state index contributed by atoms with van der Waals surface area (Å²) in [5, 5.41) is 9.35. The summed E-state index contributed by atoms with van der Waals surface area (Å²) in [4.78, 5) is 0. The highest BCUT2D eigenvalue weighted by Crippen LogP contribution is 2.23. The van der Waals surface area contributed by atoms with Gasteiger partial charge in [0, 0.05) is 12.1 Å². The second kappa shape index (κ2) is 5.72. The van der Waals surface area contributed by atoms with E-state index in [-0.39, 0.29) is 6.04 Å². The predicted octanol–water partition coefficient (Wildman–Crippen LogP) is 0.954. The van der Waals surface area contributed by atoms with Gasteiger partial charge < -0.3 is 20.3 Å². The number of hydrogen-bond donors (Lipinski definition) is 2. The lowest BCUT2D eigenvalue weighted by Crippen LogP contribution is -2.34. The Hall–Kier alpha value is -1.26. The molecule has 0 aliphatic heterocycles. The first kappa shape index (κ1) is 12.8. The summed E-state index contributed by atoms with van der Waals surface area (Å²) >= 11 is 0. The molecular formula is C12H19NO3. The summed E-state index contributed by atoms with van der Waals surface area (Å²) in [6.07, 6.45) is 0.0581. The summed E-state index contributed by atoms with van der Waals surface area (Å²) in [5.74, 6) is 1.46. The van der Waals surface area contributed by atoms with Crippen LogP contribution in [0.15, 0.2) is 18.2 Å². The molecule has 1 aromatic rings. The molecule has 16 heavy (non-hydrogen) atoms. The number of aliphatic hydroxyl groups is 1. The molecule has 0 amide bonds. The molecule has 0 saturated heterocycles. The monoisotopic (exact) mass is 225 g/mol. The van der Waals surface area contributed by atoms with E-state index in [1.54, 1.807) is 27.2 Å². The molecule has 0 bridgehead atoms. The van der Waals surface area contributed by atoms with Crippen LogP contribution >= 0.6 is 0 Å². The van der Waals surface area contributed by atoms with Crippen LogP contribution in [0.5, 0.6) is 11.5 Å². The zero-order valence-corrected chi connectivity index (χ0v) is 9.93. The third-order valence-corrected chi connectivity index (χ3v) is 2.50. The van der Waals surface area contributed by atoms with Crippen molar-refractivity contribution in [1.29, 1.82) is 0 Å². The van der Waals surface area contributed by atoms with Gasteiger partial charge in [-0.2, -0.15) is 0 Å². The normalized spacial score (nSPS) is 14.3. The van der Waals surface area contributed by atoms with Crippen LogP contribution < -0.4 is 15.2 Å². The average Bonchev–Trinajstić information content (AvgIpc) is 2.28. The molecule has 4 heteroatoms. The molecule has 0 spiro atoms. The van der Waals surface area contributed by atoms with E-state index in [1.165, 1.54) is 0 Å². The molecule has 4 nitrogen and oxygen atoms in total. The van der Waals surface area contributed by atoms with Crippen LogP contribution in [0, 0.1) is 0 Å². The van der Waals surface area contributed by atoms with Gasteiger partial charge in [-0.05, 0) is 31.0 Å². The van der Waals surface area contributed by atoms with Gasteiger partial charge in [0.2, 0.25) is 0 Å². The average molecular weight is 225 g/mol. The minimum absolute atomic E-state index is 0.281. The lowest BCUT2D eigenvalue weighted by molar-refractivity contribution is 0.163. The fourth-order valence-electron chi connectivity index (χ4n) is 1.43. The van der Waals surface area contributed by atoms with Gasteiger partial charge in [-0.1, -0.05) is 0 Å². The lowest BCUT2D eigenvalue weighted by Gasteiger charge is -2.15. The van der Waals surface area contributed by atoms with Crippen LogP contribution in [0.2, 0.25) is 0 Å². The molecule has 0 radical (unpaired) electrons. The number of ether oxygens (including phenoxy) is 2. The second-order valence-electron chi connectivity index (χ2n) is 3.83. The minimum Gasteiger partial charge on any atom is -0.497 e. The van der Waals surface area contributed by atoms with Crippen LogP contribution in [0.3, 0.4) is 0 Å². The van der Waals surface area contributed by atoms with Crippen molar-refractivity contribution in [3.05, 3.63) is 23.8 Å². The minimum atomic E-state index is -0.530. The van der Waals surface area contributed by atoms with E-state index >= 15 is 0 Å². The van der Waals surface area contributed by atoms with Gasteiger partial charge in [0.15, 0.2) is 0 Å². The van der Waals surface area contributed by atoms with Crippen molar-refractivity contribution in [3.8, 4) is 11.5 Å². The first-order chi connectivity index (χ1) is 7.56. The van der Waals surface area contributed by atoms with Gasteiger partial charge in [0.05, 0.1) is 20.3 Å². The standard InChI is InChI=1S/C12H19NO3/c1-8(14)12(13)6-9-4-10(15-2)7-11(5-9)16-3/h4-5,7-8,12,14H,6,13H2,1-3H3. The second-order valence-corrected chi connectivity index (χ2v) is 3.83. The van der Waals surface area contributed by atoms with Crippen molar-refractivity contribution < 1.29 is 14.6 Å². The molecule has 1 rings (SSSR count). The number of nitrogens with two attached hydrogens (primary N) is 1. The van der Waals surface area contributed by atoms with Gasteiger partial charge in [-0.3, -0.25) is 0 Å². The maximum absolute atomic E-state index is 9.35. The van der Waals surface area contributed by atoms with Crippen LogP contribution in [0.4, 0.5) is 0 Å². The van der Waals surface area contributed by atoms with Crippen molar-refractivity contribution in [2.45, 2.75) is 25.5 Å². The summed E-state index contributed by atoms with van der Waals surface area (Å²) in [7, 11) is 3.21. The molecule has 3 N–H and O–H groups in total. The lowest BCUT2D eigenvalue weighted by atomic mass is 10.0. The summed E-state index contributed by atoms with van der Waals surface area (Å²) < 4.78 is 10.3. The Morgan fingerprint density at radius 3 is 2.06 bits per heavy atom. The molecular weight excluding hydrogens is 206 g/mol. The molecule has 0 fully saturated rings. The topological polar surface area (TPSA) is 64.7 Å². The molecule has 0 aromatic heterocycles. The predicted molar refractivity (Wildman–Crippen MR) is 62.9 cm³/mol. The SMILES string of the molecule is COc1cc(CC(N)C(C)O)cc(OC)c1. The van der Waals surface area contributed by atoms with Crippen molar-refractivity contribution in [1.82, 2.24) is 0 Å². The fraction of sp³-hybridized carbons (Fsp3) is 0.500. The van der Waals surface area contributed by atoms with Crippen LogP contribution in [-0.4, -0.2) is 31.5 Å². The molecule has 90 valence electrons. The Labute approximate surface area is 96.0 Å². The van der Waals surface area contributed by atoms with Crippen LogP contribution in [0.1, 0.15) is 12.5 Å². The summed E-state index contributed by atoms with van der Waals surface area (Å²) in [6, 6.07) is 5.31. The fourth-order valence-corrected chi connectivity index (χ4v) is 1.43. The Balaban J connectivity index is 2.86. The van der Waals surface area contributed by atoms with Gasteiger partial charge in [0.1, 0.15) is 11.5 Å². The van der Waals surface area contributed by atoms with Crippen molar-refractivity contribution in [3.63, 3.8) is 0 Å². The molecule has 0 aliphatic rings. The third kappa shape index (κ3) is 3.40. The van der Waals surface area contributed by atoms with E-state index in [4.69, 9.17) is 15.2 Å². The van der Waals surface area contributed by atoms with Gasteiger partial charge >= 0.3 is 0 Å². The van der Waals surface area contributed by atoms with E-state index in [0.717, 1.165) is 17.1 Å². The van der Waals surface area contributed by atoms with Gasteiger partial charge in [0.25, 0.3) is 0 Å². The molecule has 2 unspecified atom stereocenters. The Morgan fingerprint density at radius 1 is 1.19 bits per heavy atom. The molecule has 0 aliphatic carbocycles. The highest BCUT2D eigenvalue weighted by Gasteiger charge is 2.11. The van der Waals surface area contributed by atoms with Gasteiger partial charge in [-0.15, -0.1) is 0 Å². The first-order valence-electron chi connectivity index (χ1n) is 5.22. The quantitative estimate of drug-likeness (QED) is 0.783. The number of hydrogen-bond acceptors (Lipinski definition) is 4. The zero-order chi connectivity index (χ0) is 12.1. The maximum Gasteiger partial charge on any atom is 0.122 e. The molecule has 0 heterocycles. The Bertz CT molecular complexity index is 317. The highest BCUT2D eigenvalue weighted by molar-refractivity contribution is 5.38. The van der Waals surface area contributed by atoms with Crippen LogP contribution in [0.25, 0.3) is 0 Å². The number of benzene rings is 1. The molecule has 1 aromatic carbocycles. The van der Waals surface area contributed by atoms with E-state index in [0.29, 0.717) is 6.42 Å². The Kier molecular flexibility index (Phi) is 4.58. The van der Waals surface area contributed by atoms with E-state index in [9.17, 15) is 5.11 Å². The zero-order valence-electron chi connectivity index (χ0n) is 9.93. The number of methoxy groups -OCH3 is 2. The van der Waals surface area contributed by atoms with E-state index in [2.05, 4.69) is 0 Å². The number of rotatable bonds is 5. The number of aliphatic hydroxyl groups excluding tert-OH is 1. The van der Waals surface area contributed by atoms with Crippen molar-refractivity contribution in [2.75, 3.05) is 14.2 Å². The van der Waals surface area contributed by atoms with Gasteiger partial charge in [-0.25, -0.2) is 0 Å². The third-order valence-electron chi connectivity index (χ3n) is 2.50.